The molecule has 0 fully saturated rings. The number of hydrogen-bond donors (Lipinski definition) is 2. The lowest BCUT2D eigenvalue weighted by molar-refractivity contribution is 0.351. The van der Waals surface area contributed by atoms with Gasteiger partial charge in [0.1, 0.15) is 0 Å². The number of allylic oxidation sites excluding steroid dienone is 1. The van der Waals surface area contributed by atoms with Crippen molar-refractivity contribution in [2.45, 2.75) is 32.6 Å². The van der Waals surface area contributed by atoms with E-state index < -0.39 is 0 Å². The van der Waals surface area contributed by atoms with E-state index in [1.807, 2.05) is 0 Å². The fraction of sp³-hybridized carbons (Fsp3) is 0.833. The van der Waals surface area contributed by atoms with E-state index in [1.54, 1.807) is 0 Å². The van der Waals surface area contributed by atoms with E-state index in [0.717, 1.165) is 13.0 Å². The van der Waals surface area contributed by atoms with Gasteiger partial charge >= 0.3 is 0 Å². The highest BCUT2D eigenvalue weighted by molar-refractivity contribution is 4.93. The third-order valence-electron chi connectivity index (χ3n) is 3.51. The summed E-state index contributed by atoms with van der Waals surface area (Å²) >= 11 is 0. The van der Waals surface area contributed by atoms with Gasteiger partial charge in [0.25, 0.3) is 0 Å². The van der Waals surface area contributed by atoms with Crippen LogP contribution in [0, 0.1) is 23.3 Å². The summed E-state index contributed by atoms with van der Waals surface area (Å²) in [4.78, 5) is 0. The maximum Gasteiger partial charge on any atom is 0.0624 e. The molecule has 3 N–H and O–H groups in total. The molecule has 1 rings (SSSR count). The van der Waals surface area contributed by atoms with E-state index in [9.17, 15) is 0 Å². The first-order valence-corrected chi connectivity index (χ1v) is 5.97. The Labute approximate surface area is 92.6 Å². The van der Waals surface area contributed by atoms with Crippen molar-refractivity contribution in [3.8, 4) is 0 Å². The smallest absolute Gasteiger partial charge is 0.0624 e. The molecular formula is C12H23N3. The van der Waals surface area contributed by atoms with E-state index in [0.29, 0.717) is 24.3 Å². The molecule has 3 unspecified atom stereocenters. The van der Waals surface area contributed by atoms with Crippen molar-refractivity contribution in [3.05, 3.63) is 12.2 Å². The summed E-state index contributed by atoms with van der Waals surface area (Å²) in [5, 5.41) is 3.53. The minimum Gasteiger partial charge on any atom is -0.330 e. The monoisotopic (exact) mass is 209 g/mol. The molecule has 0 bridgehead atoms. The summed E-state index contributed by atoms with van der Waals surface area (Å²) in [5.74, 6) is 1.81. The van der Waals surface area contributed by atoms with E-state index >= 15 is 0 Å². The molecule has 15 heavy (non-hydrogen) atoms. The molecule has 0 heterocycles. The normalized spacial score (nSPS) is 34.9. The van der Waals surface area contributed by atoms with Gasteiger partial charge in [0, 0.05) is 0 Å². The van der Waals surface area contributed by atoms with Crippen LogP contribution < -0.4 is 5.73 Å². The van der Waals surface area contributed by atoms with Crippen LogP contribution in [-0.2, 0) is 0 Å². The second kappa shape index (κ2) is 6.72. The molecule has 3 atom stereocenters. The van der Waals surface area contributed by atoms with Crippen LogP contribution >= 0.6 is 0 Å². The zero-order valence-electron chi connectivity index (χ0n) is 9.65. The van der Waals surface area contributed by atoms with Crippen LogP contribution in [0.2, 0.25) is 0 Å². The van der Waals surface area contributed by atoms with Crippen molar-refractivity contribution in [2.24, 2.45) is 28.6 Å². The maximum absolute atomic E-state index is 6.93. The number of hydrogen-bond acceptors (Lipinski definition) is 3. The van der Waals surface area contributed by atoms with Crippen LogP contribution in [0.4, 0.5) is 0 Å². The summed E-state index contributed by atoms with van der Waals surface area (Å²) in [6, 6.07) is 0. The van der Waals surface area contributed by atoms with Gasteiger partial charge in [0.05, 0.1) is 6.54 Å². The molecule has 3 nitrogen and oxygen atoms in total. The summed E-state index contributed by atoms with van der Waals surface area (Å²) in [5.41, 5.74) is 12.7. The zero-order valence-corrected chi connectivity index (χ0v) is 9.65. The van der Waals surface area contributed by atoms with Crippen LogP contribution in [0.15, 0.2) is 17.3 Å². The van der Waals surface area contributed by atoms with Crippen molar-refractivity contribution < 1.29 is 0 Å². The van der Waals surface area contributed by atoms with Crippen LogP contribution in [-0.4, -0.2) is 13.1 Å². The molecule has 0 aliphatic heterocycles. The maximum atomic E-state index is 6.93. The molecule has 0 saturated heterocycles. The standard InChI is InChI=1S/C12H23N3/c1-10-6-7-11(9-15-14)4-2-3-5-12(10)8-13/h3,5,10-12,14H,2,4,6-9,13H2,1H3/b5-3+,15-14?. The largest absolute Gasteiger partial charge is 0.330 e. The summed E-state index contributed by atoms with van der Waals surface area (Å²) in [7, 11) is 0. The Balaban J connectivity index is 2.53. The fourth-order valence-corrected chi connectivity index (χ4v) is 2.27. The summed E-state index contributed by atoms with van der Waals surface area (Å²) < 4.78 is 0. The first-order valence-electron chi connectivity index (χ1n) is 5.97. The van der Waals surface area contributed by atoms with E-state index in [4.69, 9.17) is 11.3 Å². The predicted molar refractivity (Wildman–Crippen MR) is 62.8 cm³/mol. The molecule has 0 aromatic heterocycles. The van der Waals surface area contributed by atoms with Crippen molar-refractivity contribution >= 4 is 0 Å². The number of nitrogens with two attached hydrogens (primary N) is 1. The third-order valence-corrected chi connectivity index (χ3v) is 3.51. The highest BCUT2D eigenvalue weighted by Crippen LogP contribution is 2.25. The predicted octanol–water partition coefficient (Wildman–Crippen LogP) is 2.97. The van der Waals surface area contributed by atoms with Crippen molar-refractivity contribution in [1.29, 1.82) is 5.53 Å². The van der Waals surface area contributed by atoms with Crippen LogP contribution in [0.1, 0.15) is 32.6 Å². The molecule has 1 aliphatic rings. The molecule has 0 amide bonds. The Hall–Kier alpha value is -0.700. The lowest BCUT2D eigenvalue weighted by atomic mass is 9.87. The molecule has 0 spiro atoms. The Morgan fingerprint density at radius 2 is 2.20 bits per heavy atom. The second-order valence-electron chi connectivity index (χ2n) is 4.67. The van der Waals surface area contributed by atoms with Crippen LogP contribution in [0.3, 0.4) is 0 Å². The van der Waals surface area contributed by atoms with Gasteiger partial charge < -0.3 is 5.73 Å². The fourth-order valence-electron chi connectivity index (χ4n) is 2.27. The minimum atomic E-state index is 0.539. The lowest BCUT2D eigenvalue weighted by Crippen LogP contribution is -2.20. The molecule has 0 aromatic carbocycles. The van der Waals surface area contributed by atoms with Gasteiger partial charge in [-0.15, -0.1) is 0 Å². The van der Waals surface area contributed by atoms with Gasteiger partial charge in [-0.2, -0.15) is 5.11 Å². The highest BCUT2D eigenvalue weighted by atomic mass is 14.9. The molecule has 3 heteroatoms. The Morgan fingerprint density at radius 3 is 2.87 bits per heavy atom. The first kappa shape index (κ1) is 12.4. The van der Waals surface area contributed by atoms with Gasteiger partial charge in [-0.3, -0.25) is 0 Å². The number of nitrogens with one attached hydrogen (secondary N) is 1. The summed E-state index contributed by atoms with van der Waals surface area (Å²) in [6.45, 7) is 3.74. The van der Waals surface area contributed by atoms with Gasteiger partial charge in [-0.05, 0) is 50.0 Å². The van der Waals surface area contributed by atoms with Gasteiger partial charge in [0.15, 0.2) is 0 Å². The van der Waals surface area contributed by atoms with Crippen molar-refractivity contribution in [2.75, 3.05) is 13.1 Å². The van der Waals surface area contributed by atoms with Crippen LogP contribution in [0.5, 0.6) is 0 Å². The average molecular weight is 209 g/mol. The quantitative estimate of drug-likeness (QED) is 0.544. The average Bonchev–Trinajstić information content (AvgIpc) is 2.32. The first-order chi connectivity index (χ1) is 7.27. The van der Waals surface area contributed by atoms with Crippen LogP contribution in [0.25, 0.3) is 0 Å². The molecule has 0 radical (unpaired) electrons. The Morgan fingerprint density at radius 1 is 1.40 bits per heavy atom. The molecule has 0 aromatic rings. The Bertz CT molecular complexity index is 213. The topological polar surface area (TPSA) is 62.2 Å². The Kier molecular flexibility index (Phi) is 5.54. The number of rotatable bonds is 3. The van der Waals surface area contributed by atoms with Crippen molar-refractivity contribution in [1.82, 2.24) is 0 Å². The van der Waals surface area contributed by atoms with E-state index in [-0.39, 0.29) is 0 Å². The zero-order chi connectivity index (χ0) is 11.1. The molecule has 86 valence electrons. The molecule has 0 saturated carbocycles. The highest BCUT2D eigenvalue weighted by Gasteiger charge is 2.17. The third kappa shape index (κ3) is 4.12. The van der Waals surface area contributed by atoms with Gasteiger partial charge in [0.2, 0.25) is 0 Å². The molecule has 1 aliphatic carbocycles. The van der Waals surface area contributed by atoms with Gasteiger partial charge in [-0.25, -0.2) is 5.53 Å². The minimum absolute atomic E-state index is 0.539. The second-order valence-corrected chi connectivity index (χ2v) is 4.67. The van der Waals surface area contributed by atoms with Gasteiger partial charge in [-0.1, -0.05) is 19.1 Å². The van der Waals surface area contributed by atoms with E-state index in [1.165, 1.54) is 19.3 Å². The molecular weight excluding hydrogens is 186 g/mol. The van der Waals surface area contributed by atoms with E-state index in [2.05, 4.69) is 24.2 Å². The van der Waals surface area contributed by atoms with Crippen molar-refractivity contribution in [3.63, 3.8) is 0 Å². The summed E-state index contributed by atoms with van der Waals surface area (Å²) in [6.07, 6.45) is 9.24. The SMILES string of the molecule is CC1CCC(CN=N)CC/C=C/C1CN. The number of nitrogens with zero attached hydrogens (tertiary/aromatic N) is 1. The lowest BCUT2D eigenvalue weighted by Gasteiger charge is -2.20.